The van der Waals surface area contributed by atoms with E-state index in [9.17, 15) is 9.18 Å². The van der Waals surface area contributed by atoms with Gasteiger partial charge in [0.25, 0.3) is 0 Å². The van der Waals surface area contributed by atoms with Gasteiger partial charge in [-0.15, -0.1) is 0 Å². The Bertz CT molecular complexity index is 1510. The van der Waals surface area contributed by atoms with Crippen LogP contribution in [-0.2, 0) is 24.8 Å². The van der Waals surface area contributed by atoms with Crippen LogP contribution in [0, 0.1) is 5.82 Å². The van der Waals surface area contributed by atoms with Gasteiger partial charge in [0.05, 0.1) is 29.5 Å². The van der Waals surface area contributed by atoms with Crippen molar-refractivity contribution in [1.29, 1.82) is 0 Å². The van der Waals surface area contributed by atoms with Crippen LogP contribution in [0.1, 0.15) is 48.4 Å². The maximum atomic E-state index is 14.4. The summed E-state index contributed by atoms with van der Waals surface area (Å²) in [4.78, 5) is 17.2. The number of nitrogens with zero attached hydrogens (tertiary/aromatic N) is 5. The normalized spacial score (nSPS) is 18.3. The van der Waals surface area contributed by atoms with Crippen molar-refractivity contribution >= 4 is 11.7 Å². The predicted octanol–water partition coefficient (Wildman–Crippen LogP) is 3.30. The van der Waals surface area contributed by atoms with E-state index in [-0.39, 0.29) is 24.0 Å². The summed E-state index contributed by atoms with van der Waals surface area (Å²) in [6.45, 7) is 4.43. The molecule has 0 aliphatic carbocycles. The highest BCUT2D eigenvalue weighted by Gasteiger charge is 2.36. The molecule has 3 N–H and O–H groups in total. The zero-order chi connectivity index (χ0) is 24.4. The van der Waals surface area contributed by atoms with Gasteiger partial charge in [-0.3, -0.25) is 14.2 Å². The number of ether oxygens (including phenoxy) is 1. The van der Waals surface area contributed by atoms with Crippen LogP contribution < -0.4 is 15.8 Å². The second-order valence-electron chi connectivity index (χ2n) is 8.91. The molecule has 5 heterocycles. The van der Waals surface area contributed by atoms with Gasteiger partial charge < -0.3 is 15.8 Å². The fourth-order valence-corrected chi connectivity index (χ4v) is 5.11. The second kappa shape index (κ2) is 7.66. The highest BCUT2D eigenvalue weighted by molar-refractivity contribution is 5.85. The largest absolute Gasteiger partial charge is 0.482 e. The van der Waals surface area contributed by atoms with Gasteiger partial charge in [0.2, 0.25) is 5.91 Å². The Labute approximate surface area is 200 Å². The Morgan fingerprint density at radius 2 is 2.09 bits per heavy atom. The van der Waals surface area contributed by atoms with Crippen LogP contribution in [0.15, 0.2) is 36.7 Å². The van der Waals surface area contributed by atoms with Gasteiger partial charge in [-0.05, 0) is 38.1 Å². The molecule has 178 valence electrons. The molecule has 2 atom stereocenters. The van der Waals surface area contributed by atoms with E-state index in [1.807, 2.05) is 37.8 Å². The molecule has 0 unspecified atom stereocenters. The molecule has 35 heavy (non-hydrogen) atoms. The number of nitrogen functional groups attached to an aromatic ring is 1. The molecule has 0 spiro atoms. The van der Waals surface area contributed by atoms with Crippen LogP contribution in [0.25, 0.3) is 22.5 Å². The standard InChI is InChI=1S/C25H24FN7O2/c1-4-33-24-13-7-19(25(27)28-10-13)35-12(2)16-8-14(26)5-6-15(16)22-17(11-32(3)31-22)23-21(24)18(30-33)9-20(34)29-23/h5-8,10-12,23H,4,9H2,1-3H3,(H2,27,28)(H,29,34)/t12-,23-/m1/s1. The number of aryl methyl sites for hydroxylation is 2. The van der Waals surface area contributed by atoms with Gasteiger partial charge in [-0.25, -0.2) is 9.37 Å². The lowest BCUT2D eigenvalue weighted by atomic mass is 9.88. The van der Waals surface area contributed by atoms with Crippen molar-refractivity contribution in [1.82, 2.24) is 29.9 Å². The van der Waals surface area contributed by atoms with E-state index in [2.05, 4.69) is 10.3 Å². The molecule has 9 nitrogen and oxygen atoms in total. The summed E-state index contributed by atoms with van der Waals surface area (Å²) in [5.74, 6) is 0.115. The fourth-order valence-electron chi connectivity index (χ4n) is 5.11. The number of carbonyl (C=O) groups excluding carboxylic acids is 1. The average Bonchev–Trinajstić information content (AvgIpc) is 3.39. The molecule has 1 aromatic carbocycles. The monoisotopic (exact) mass is 473 g/mol. The number of nitrogens with two attached hydrogens (primary N) is 1. The molecule has 1 amide bonds. The van der Waals surface area contributed by atoms with Gasteiger partial charge in [0, 0.05) is 53.8 Å². The van der Waals surface area contributed by atoms with Crippen molar-refractivity contribution < 1.29 is 13.9 Å². The fraction of sp³-hybridized carbons (Fsp3) is 0.280. The molecular weight excluding hydrogens is 449 g/mol. The first-order valence-corrected chi connectivity index (χ1v) is 11.5. The number of amides is 1. The Hall–Kier alpha value is -4.21. The quantitative estimate of drug-likeness (QED) is 0.439. The lowest BCUT2D eigenvalue weighted by Gasteiger charge is -2.26. The Balaban J connectivity index is 1.73. The molecule has 4 aromatic rings. The van der Waals surface area contributed by atoms with Crippen molar-refractivity contribution in [2.45, 2.75) is 39.0 Å². The Morgan fingerprint density at radius 3 is 2.89 bits per heavy atom. The van der Waals surface area contributed by atoms with Crippen LogP contribution in [0.4, 0.5) is 10.2 Å². The van der Waals surface area contributed by atoms with E-state index in [1.54, 1.807) is 16.9 Å². The number of halogens is 1. The van der Waals surface area contributed by atoms with E-state index in [0.29, 0.717) is 34.8 Å². The lowest BCUT2D eigenvalue weighted by molar-refractivity contribution is -0.121. The first kappa shape index (κ1) is 21.3. The number of anilines is 1. The molecule has 2 aliphatic heterocycles. The molecular formula is C25H24FN7O2. The summed E-state index contributed by atoms with van der Waals surface area (Å²) in [5.41, 5.74) is 12.1. The number of nitrogens with one attached hydrogen (secondary N) is 1. The van der Waals surface area contributed by atoms with Gasteiger partial charge >= 0.3 is 0 Å². The smallest absolute Gasteiger partial charge is 0.226 e. The minimum atomic E-state index is -0.554. The first-order chi connectivity index (χ1) is 16.8. The maximum Gasteiger partial charge on any atom is 0.226 e. The summed E-state index contributed by atoms with van der Waals surface area (Å²) >= 11 is 0. The summed E-state index contributed by atoms with van der Waals surface area (Å²) in [6.07, 6.45) is 3.19. The van der Waals surface area contributed by atoms with Gasteiger partial charge in [-0.2, -0.15) is 10.2 Å². The van der Waals surface area contributed by atoms with E-state index in [4.69, 9.17) is 20.7 Å². The zero-order valence-electron chi connectivity index (χ0n) is 19.5. The van der Waals surface area contributed by atoms with Gasteiger partial charge in [0.1, 0.15) is 11.9 Å². The second-order valence-corrected chi connectivity index (χ2v) is 8.91. The molecule has 2 bridgehead atoms. The third kappa shape index (κ3) is 3.28. The van der Waals surface area contributed by atoms with Crippen LogP contribution in [0.3, 0.4) is 0 Å². The van der Waals surface area contributed by atoms with Crippen LogP contribution in [0.2, 0.25) is 0 Å². The number of carbonyl (C=O) groups is 1. The lowest BCUT2D eigenvalue weighted by Crippen LogP contribution is -2.36. The van der Waals surface area contributed by atoms with Crippen molar-refractivity contribution in [3.05, 3.63) is 64.9 Å². The molecule has 6 rings (SSSR count). The van der Waals surface area contributed by atoms with Crippen LogP contribution >= 0.6 is 0 Å². The predicted molar refractivity (Wildman–Crippen MR) is 127 cm³/mol. The van der Waals surface area contributed by atoms with Crippen LogP contribution in [-0.4, -0.2) is 30.5 Å². The van der Waals surface area contributed by atoms with Crippen LogP contribution in [0.5, 0.6) is 5.75 Å². The van der Waals surface area contributed by atoms with Crippen molar-refractivity contribution in [2.24, 2.45) is 7.05 Å². The molecule has 2 aliphatic rings. The van der Waals surface area contributed by atoms with Crippen molar-refractivity contribution in [3.63, 3.8) is 0 Å². The number of hydrogen-bond acceptors (Lipinski definition) is 6. The van der Waals surface area contributed by atoms with Crippen molar-refractivity contribution in [3.8, 4) is 28.3 Å². The summed E-state index contributed by atoms with van der Waals surface area (Å²) in [5, 5.41) is 12.7. The maximum absolute atomic E-state index is 14.4. The number of rotatable bonds is 1. The van der Waals surface area contributed by atoms with E-state index in [1.165, 1.54) is 12.1 Å². The van der Waals surface area contributed by atoms with E-state index in [0.717, 1.165) is 22.4 Å². The van der Waals surface area contributed by atoms with Gasteiger partial charge in [-0.1, -0.05) is 0 Å². The molecule has 3 aromatic heterocycles. The zero-order valence-corrected chi connectivity index (χ0v) is 19.5. The highest BCUT2D eigenvalue weighted by atomic mass is 19.1. The molecule has 0 radical (unpaired) electrons. The minimum Gasteiger partial charge on any atom is -0.482 e. The first-order valence-electron chi connectivity index (χ1n) is 11.5. The average molecular weight is 474 g/mol. The van der Waals surface area contributed by atoms with E-state index < -0.39 is 12.1 Å². The Morgan fingerprint density at radius 1 is 1.26 bits per heavy atom. The number of fused-ring (bicyclic) bond motifs is 7. The number of pyridine rings is 1. The highest BCUT2D eigenvalue weighted by Crippen LogP contribution is 2.43. The SMILES string of the molecule is CCn1nc2c3c1-c1cnc(N)c(c1)O[C@H](C)c1cc(F)ccc1-c1nn(C)cc1[C@H]3NC(=O)C2. The van der Waals surface area contributed by atoms with E-state index >= 15 is 0 Å². The third-order valence-electron chi connectivity index (χ3n) is 6.62. The summed E-state index contributed by atoms with van der Waals surface area (Å²) < 4.78 is 24.2. The topological polar surface area (TPSA) is 113 Å². The minimum absolute atomic E-state index is 0.121. The number of benzene rings is 1. The molecule has 0 fully saturated rings. The summed E-state index contributed by atoms with van der Waals surface area (Å²) in [7, 11) is 1.82. The third-order valence-corrected chi connectivity index (χ3v) is 6.62. The van der Waals surface area contributed by atoms with Gasteiger partial charge in [0.15, 0.2) is 11.6 Å². The molecule has 0 saturated heterocycles. The summed E-state index contributed by atoms with van der Waals surface area (Å²) in [6, 6.07) is 5.88. The molecule has 10 heteroatoms. The number of hydrogen-bond donors (Lipinski definition) is 2. The molecule has 0 saturated carbocycles. The van der Waals surface area contributed by atoms with Crippen molar-refractivity contribution in [2.75, 3.05) is 5.73 Å². The number of aromatic nitrogens is 5. The Kier molecular flexibility index (Phi) is 4.67.